The predicted octanol–water partition coefficient (Wildman–Crippen LogP) is 3.11. The molecule has 4 nitrogen and oxygen atoms in total. The lowest BCUT2D eigenvalue weighted by molar-refractivity contribution is -0.117. The number of benzene rings is 1. The van der Waals surface area contributed by atoms with Crippen LogP contribution < -0.4 is 9.47 Å². The predicted molar refractivity (Wildman–Crippen MR) is 81.2 cm³/mol. The lowest BCUT2D eigenvalue weighted by Gasteiger charge is -2.09. The number of methoxy groups -OCH3 is 2. The van der Waals surface area contributed by atoms with Crippen LogP contribution in [0.3, 0.4) is 0 Å². The maximum Gasteiger partial charge on any atom is 0.161 e. The number of ether oxygens (including phenoxy) is 2. The summed E-state index contributed by atoms with van der Waals surface area (Å²) >= 11 is 6.01. The molecule has 2 aromatic rings. The number of rotatable bonds is 6. The fraction of sp³-hybridized carbons (Fsp3) is 0.250. The van der Waals surface area contributed by atoms with Crippen molar-refractivity contribution in [2.45, 2.75) is 12.8 Å². The van der Waals surface area contributed by atoms with E-state index in [2.05, 4.69) is 4.98 Å². The number of nitrogens with zero attached hydrogens (tertiary/aromatic N) is 1. The van der Waals surface area contributed by atoms with Crippen molar-refractivity contribution >= 4 is 17.4 Å². The number of carbonyl (C=O) groups is 1. The Morgan fingerprint density at radius 3 is 2.57 bits per heavy atom. The van der Waals surface area contributed by atoms with E-state index in [4.69, 9.17) is 21.1 Å². The standard InChI is InChI=1S/C16H16ClNO3/c1-20-15-4-3-11(8-16(15)21-2)7-13(19)9-12-5-6-18-10-14(12)17/h3-6,8,10H,7,9H2,1-2H3. The average Bonchev–Trinajstić information content (AvgIpc) is 2.49. The molecule has 0 aliphatic heterocycles. The van der Waals surface area contributed by atoms with Crippen LogP contribution in [0.1, 0.15) is 11.1 Å². The summed E-state index contributed by atoms with van der Waals surface area (Å²) in [5.41, 5.74) is 1.67. The van der Waals surface area contributed by atoms with E-state index in [1.54, 1.807) is 38.7 Å². The number of halogens is 1. The van der Waals surface area contributed by atoms with Gasteiger partial charge >= 0.3 is 0 Å². The monoisotopic (exact) mass is 305 g/mol. The molecule has 21 heavy (non-hydrogen) atoms. The molecule has 5 heteroatoms. The van der Waals surface area contributed by atoms with Gasteiger partial charge in [0.1, 0.15) is 5.78 Å². The molecule has 0 fully saturated rings. The van der Waals surface area contributed by atoms with Gasteiger partial charge in [0.2, 0.25) is 0 Å². The molecular formula is C16H16ClNO3. The molecule has 0 atom stereocenters. The summed E-state index contributed by atoms with van der Waals surface area (Å²) in [7, 11) is 3.15. The number of pyridine rings is 1. The van der Waals surface area contributed by atoms with Gasteiger partial charge in [-0.05, 0) is 29.3 Å². The van der Waals surface area contributed by atoms with E-state index in [0.717, 1.165) is 11.1 Å². The Labute approximate surface area is 128 Å². The van der Waals surface area contributed by atoms with Crippen molar-refractivity contribution in [2.24, 2.45) is 0 Å². The lowest BCUT2D eigenvalue weighted by Crippen LogP contribution is -2.07. The number of hydrogen-bond acceptors (Lipinski definition) is 4. The highest BCUT2D eigenvalue weighted by Crippen LogP contribution is 2.28. The van der Waals surface area contributed by atoms with Crippen LogP contribution in [0.25, 0.3) is 0 Å². The molecule has 0 radical (unpaired) electrons. The summed E-state index contributed by atoms with van der Waals surface area (Å²) in [5.74, 6) is 1.34. The van der Waals surface area contributed by atoms with Crippen LogP contribution in [0, 0.1) is 0 Å². The third-order valence-electron chi connectivity index (χ3n) is 3.09. The Balaban J connectivity index is 2.08. The van der Waals surface area contributed by atoms with Crippen molar-refractivity contribution < 1.29 is 14.3 Å². The van der Waals surface area contributed by atoms with Gasteiger partial charge in [0.05, 0.1) is 19.2 Å². The van der Waals surface area contributed by atoms with Crippen LogP contribution >= 0.6 is 11.6 Å². The maximum atomic E-state index is 12.1. The molecule has 0 saturated carbocycles. The minimum atomic E-state index is 0.0790. The number of carbonyl (C=O) groups excluding carboxylic acids is 1. The summed E-state index contributed by atoms with van der Waals surface area (Å²) in [4.78, 5) is 16.0. The molecule has 0 N–H and O–H groups in total. The Morgan fingerprint density at radius 2 is 1.90 bits per heavy atom. The van der Waals surface area contributed by atoms with Crippen LogP contribution in [0.5, 0.6) is 11.5 Å². The molecule has 0 spiro atoms. The fourth-order valence-electron chi connectivity index (χ4n) is 2.04. The van der Waals surface area contributed by atoms with Crippen LogP contribution in [-0.4, -0.2) is 25.0 Å². The second-order valence-electron chi connectivity index (χ2n) is 4.55. The quantitative estimate of drug-likeness (QED) is 0.823. The summed E-state index contributed by atoms with van der Waals surface area (Å²) in [6, 6.07) is 7.22. The fourth-order valence-corrected chi connectivity index (χ4v) is 2.23. The van der Waals surface area contributed by atoms with Gasteiger partial charge in [0.15, 0.2) is 11.5 Å². The zero-order valence-electron chi connectivity index (χ0n) is 11.9. The molecule has 0 unspecified atom stereocenters. The van der Waals surface area contributed by atoms with E-state index in [-0.39, 0.29) is 12.2 Å². The zero-order chi connectivity index (χ0) is 15.2. The van der Waals surface area contributed by atoms with E-state index in [1.807, 2.05) is 12.1 Å². The first-order valence-electron chi connectivity index (χ1n) is 6.45. The van der Waals surface area contributed by atoms with Crippen molar-refractivity contribution in [3.05, 3.63) is 52.8 Å². The Bertz CT molecular complexity index is 643. The third-order valence-corrected chi connectivity index (χ3v) is 3.43. The normalized spacial score (nSPS) is 10.2. The molecule has 0 aliphatic rings. The van der Waals surface area contributed by atoms with Crippen molar-refractivity contribution in [3.8, 4) is 11.5 Å². The highest BCUT2D eigenvalue weighted by Gasteiger charge is 2.10. The highest BCUT2D eigenvalue weighted by atomic mass is 35.5. The minimum Gasteiger partial charge on any atom is -0.493 e. The molecular weight excluding hydrogens is 290 g/mol. The molecule has 0 bridgehead atoms. The molecule has 1 heterocycles. The van der Waals surface area contributed by atoms with E-state index in [0.29, 0.717) is 22.9 Å². The molecule has 0 aliphatic carbocycles. The largest absolute Gasteiger partial charge is 0.493 e. The van der Waals surface area contributed by atoms with E-state index in [1.165, 1.54) is 0 Å². The molecule has 0 saturated heterocycles. The van der Waals surface area contributed by atoms with Crippen molar-refractivity contribution in [1.82, 2.24) is 4.98 Å². The zero-order valence-corrected chi connectivity index (χ0v) is 12.7. The molecule has 110 valence electrons. The topological polar surface area (TPSA) is 48.4 Å². The Hall–Kier alpha value is -2.07. The number of hydrogen-bond donors (Lipinski definition) is 0. The minimum absolute atomic E-state index is 0.0790. The smallest absolute Gasteiger partial charge is 0.161 e. The van der Waals surface area contributed by atoms with Crippen LogP contribution in [0.2, 0.25) is 5.02 Å². The summed E-state index contributed by atoms with van der Waals surface area (Å²) in [6.07, 6.45) is 3.78. The SMILES string of the molecule is COc1ccc(CC(=O)Cc2ccncc2Cl)cc1OC. The van der Waals surface area contributed by atoms with Crippen LogP contribution in [0.15, 0.2) is 36.7 Å². The van der Waals surface area contributed by atoms with Gasteiger partial charge in [0, 0.05) is 25.2 Å². The summed E-state index contributed by atoms with van der Waals surface area (Å²) in [6.45, 7) is 0. The van der Waals surface area contributed by atoms with E-state index >= 15 is 0 Å². The van der Waals surface area contributed by atoms with E-state index in [9.17, 15) is 4.79 Å². The van der Waals surface area contributed by atoms with Gasteiger partial charge in [-0.15, -0.1) is 0 Å². The van der Waals surface area contributed by atoms with Crippen LogP contribution in [-0.2, 0) is 17.6 Å². The summed E-state index contributed by atoms with van der Waals surface area (Å²) < 4.78 is 10.4. The third kappa shape index (κ3) is 3.95. The first-order chi connectivity index (χ1) is 10.1. The molecule has 2 rings (SSSR count). The van der Waals surface area contributed by atoms with Gasteiger partial charge in [-0.3, -0.25) is 9.78 Å². The highest BCUT2D eigenvalue weighted by molar-refractivity contribution is 6.31. The average molecular weight is 306 g/mol. The maximum absolute atomic E-state index is 12.1. The first-order valence-corrected chi connectivity index (χ1v) is 6.83. The Morgan fingerprint density at radius 1 is 1.14 bits per heavy atom. The lowest BCUT2D eigenvalue weighted by atomic mass is 10.0. The first kappa shape index (κ1) is 15.3. The van der Waals surface area contributed by atoms with Crippen molar-refractivity contribution in [2.75, 3.05) is 14.2 Å². The molecule has 1 aromatic carbocycles. The van der Waals surface area contributed by atoms with Crippen molar-refractivity contribution in [3.63, 3.8) is 0 Å². The second-order valence-corrected chi connectivity index (χ2v) is 4.96. The van der Waals surface area contributed by atoms with Crippen molar-refractivity contribution in [1.29, 1.82) is 0 Å². The Kier molecular flexibility index (Phi) is 5.17. The summed E-state index contributed by atoms with van der Waals surface area (Å²) in [5, 5.41) is 0.512. The number of Topliss-reactive ketones (excluding diaryl/α,β-unsaturated/α-hetero) is 1. The molecule has 0 amide bonds. The van der Waals surface area contributed by atoms with Gasteiger partial charge in [-0.1, -0.05) is 17.7 Å². The van der Waals surface area contributed by atoms with E-state index < -0.39 is 0 Å². The van der Waals surface area contributed by atoms with Gasteiger partial charge in [0.25, 0.3) is 0 Å². The number of aromatic nitrogens is 1. The van der Waals surface area contributed by atoms with Crippen LogP contribution in [0.4, 0.5) is 0 Å². The second kappa shape index (κ2) is 7.09. The van der Waals surface area contributed by atoms with Gasteiger partial charge in [-0.25, -0.2) is 0 Å². The van der Waals surface area contributed by atoms with Gasteiger partial charge < -0.3 is 9.47 Å². The molecule has 1 aromatic heterocycles. The number of ketones is 1. The van der Waals surface area contributed by atoms with Gasteiger partial charge in [-0.2, -0.15) is 0 Å².